The third-order valence-electron chi connectivity index (χ3n) is 6.81. The molecule has 0 bridgehead atoms. The lowest BCUT2D eigenvalue weighted by molar-refractivity contribution is 0.0747. The first kappa shape index (κ1) is 22.7. The molecule has 0 radical (unpaired) electrons. The summed E-state index contributed by atoms with van der Waals surface area (Å²) in [5.74, 6) is 1.09. The Bertz CT molecular complexity index is 1580. The maximum atomic E-state index is 13.9. The zero-order valence-electron chi connectivity index (χ0n) is 20.4. The number of anilines is 2. The van der Waals surface area contributed by atoms with Crippen LogP contribution >= 0.6 is 0 Å². The van der Waals surface area contributed by atoms with Crippen LogP contribution < -0.4 is 4.90 Å². The van der Waals surface area contributed by atoms with Crippen LogP contribution in [0.2, 0.25) is 0 Å². The van der Waals surface area contributed by atoms with Crippen molar-refractivity contribution in [2.45, 2.75) is 12.6 Å². The number of carbonyl (C=O) groups excluding carboxylic acids is 1. The summed E-state index contributed by atoms with van der Waals surface area (Å²) < 4.78 is 0. The van der Waals surface area contributed by atoms with Crippen molar-refractivity contribution in [2.75, 3.05) is 11.4 Å². The molecule has 1 amide bonds. The number of nitrogens with zero attached hydrogens (tertiary/aromatic N) is 4. The monoisotopic (exact) mass is 482 g/mol. The van der Waals surface area contributed by atoms with Gasteiger partial charge in [0.2, 0.25) is 0 Å². The molecular weight excluding hydrogens is 456 g/mol. The SMILES string of the molecule is C=C[C@H]1CN(Cc2ccccc2)C(=O)c2cnc(-c3cccc4ccccc34)nc2N1c1ccccc1. The Morgan fingerprint density at radius 1 is 0.838 bits per heavy atom. The first-order valence-electron chi connectivity index (χ1n) is 12.4. The van der Waals surface area contributed by atoms with E-state index < -0.39 is 0 Å². The summed E-state index contributed by atoms with van der Waals surface area (Å²) in [4.78, 5) is 27.7. The van der Waals surface area contributed by atoms with Crippen LogP contribution in [0, 0.1) is 0 Å². The van der Waals surface area contributed by atoms with Crippen molar-refractivity contribution in [1.29, 1.82) is 0 Å². The fourth-order valence-electron chi connectivity index (χ4n) is 5.00. The van der Waals surface area contributed by atoms with Crippen molar-refractivity contribution in [3.05, 3.63) is 133 Å². The quantitative estimate of drug-likeness (QED) is 0.263. The number of fused-ring (bicyclic) bond motifs is 2. The second-order valence-electron chi connectivity index (χ2n) is 9.14. The number of aromatic nitrogens is 2. The Hall–Kier alpha value is -4.77. The van der Waals surface area contributed by atoms with Gasteiger partial charge in [0.1, 0.15) is 5.56 Å². The van der Waals surface area contributed by atoms with Gasteiger partial charge in [-0.2, -0.15) is 0 Å². The molecule has 1 aromatic heterocycles. The van der Waals surface area contributed by atoms with Crippen LogP contribution in [-0.4, -0.2) is 33.4 Å². The van der Waals surface area contributed by atoms with Crippen LogP contribution in [0.5, 0.6) is 0 Å². The van der Waals surface area contributed by atoms with E-state index in [1.54, 1.807) is 6.20 Å². The second kappa shape index (κ2) is 9.70. The van der Waals surface area contributed by atoms with E-state index in [0.29, 0.717) is 30.3 Å². The third-order valence-corrected chi connectivity index (χ3v) is 6.81. The average Bonchev–Trinajstić information content (AvgIpc) is 3.07. The van der Waals surface area contributed by atoms with Crippen molar-refractivity contribution in [1.82, 2.24) is 14.9 Å². The fourth-order valence-corrected chi connectivity index (χ4v) is 5.00. The Kier molecular flexibility index (Phi) is 5.95. The van der Waals surface area contributed by atoms with E-state index in [9.17, 15) is 4.79 Å². The third kappa shape index (κ3) is 4.25. The molecule has 0 unspecified atom stereocenters. The Morgan fingerprint density at radius 2 is 1.54 bits per heavy atom. The number of hydrogen-bond acceptors (Lipinski definition) is 4. The molecule has 4 aromatic carbocycles. The van der Waals surface area contributed by atoms with Gasteiger partial charge in [0.25, 0.3) is 5.91 Å². The minimum Gasteiger partial charge on any atom is -0.332 e. The van der Waals surface area contributed by atoms with Crippen LogP contribution in [0.3, 0.4) is 0 Å². The summed E-state index contributed by atoms with van der Waals surface area (Å²) in [7, 11) is 0. The van der Waals surface area contributed by atoms with E-state index in [1.807, 2.05) is 95.9 Å². The number of amides is 1. The number of hydrogen-bond donors (Lipinski definition) is 0. The van der Waals surface area contributed by atoms with Gasteiger partial charge in [-0.3, -0.25) is 4.79 Å². The number of rotatable bonds is 5. The highest BCUT2D eigenvalue weighted by molar-refractivity contribution is 6.01. The minimum atomic E-state index is -0.174. The Labute approximate surface area is 216 Å². The maximum Gasteiger partial charge on any atom is 0.259 e. The van der Waals surface area contributed by atoms with Crippen molar-refractivity contribution in [3.63, 3.8) is 0 Å². The predicted octanol–water partition coefficient (Wildman–Crippen LogP) is 6.65. The van der Waals surface area contributed by atoms with Gasteiger partial charge in [-0.05, 0) is 28.5 Å². The van der Waals surface area contributed by atoms with Crippen LogP contribution in [0.4, 0.5) is 11.5 Å². The van der Waals surface area contributed by atoms with Crippen molar-refractivity contribution >= 4 is 28.2 Å². The first-order valence-corrected chi connectivity index (χ1v) is 12.4. The first-order chi connectivity index (χ1) is 18.2. The molecule has 1 aliphatic rings. The molecule has 0 spiro atoms. The van der Waals surface area contributed by atoms with Crippen LogP contribution in [0.25, 0.3) is 22.2 Å². The molecule has 2 heterocycles. The lowest BCUT2D eigenvalue weighted by Gasteiger charge is -2.31. The van der Waals surface area contributed by atoms with Crippen molar-refractivity contribution in [3.8, 4) is 11.4 Å². The van der Waals surface area contributed by atoms with Gasteiger partial charge in [-0.1, -0.05) is 97.1 Å². The van der Waals surface area contributed by atoms with Gasteiger partial charge in [0.15, 0.2) is 11.6 Å². The molecule has 0 saturated heterocycles. The van der Waals surface area contributed by atoms with E-state index in [-0.39, 0.29) is 11.9 Å². The summed E-state index contributed by atoms with van der Waals surface area (Å²) >= 11 is 0. The molecule has 1 atom stereocenters. The highest BCUT2D eigenvalue weighted by Crippen LogP contribution is 2.36. The molecule has 37 heavy (non-hydrogen) atoms. The highest BCUT2D eigenvalue weighted by atomic mass is 16.2. The summed E-state index contributed by atoms with van der Waals surface area (Å²) in [6.45, 7) is 5.12. The lowest BCUT2D eigenvalue weighted by atomic mass is 10.0. The van der Waals surface area contributed by atoms with Gasteiger partial charge in [0.05, 0.1) is 6.04 Å². The molecule has 5 aromatic rings. The second-order valence-corrected chi connectivity index (χ2v) is 9.14. The van der Waals surface area contributed by atoms with Gasteiger partial charge >= 0.3 is 0 Å². The van der Waals surface area contributed by atoms with E-state index in [2.05, 4.69) is 29.7 Å². The molecule has 180 valence electrons. The largest absolute Gasteiger partial charge is 0.332 e. The topological polar surface area (TPSA) is 49.3 Å². The van der Waals surface area contributed by atoms with Gasteiger partial charge in [-0.25, -0.2) is 9.97 Å². The zero-order chi connectivity index (χ0) is 25.2. The smallest absolute Gasteiger partial charge is 0.259 e. The van der Waals surface area contributed by atoms with E-state index >= 15 is 0 Å². The summed E-state index contributed by atoms with van der Waals surface area (Å²) in [6, 6.07) is 34.3. The molecule has 0 saturated carbocycles. The highest BCUT2D eigenvalue weighted by Gasteiger charge is 2.34. The van der Waals surface area contributed by atoms with Crippen LogP contribution in [-0.2, 0) is 6.54 Å². The molecule has 5 nitrogen and oxygen atoms in total. The summed E-state index contributed by atoms with van der Waals surface area (Å²) in [6.07, 6.45) is 3.58. The van der Waals surface area contributed by atoms with Crippen molar-refractivity contribution in [2.24, 2.45) is 0 Å². The fraction of sp³-hybridized carbons (Fsp3) is 0.0938. The molecule has 6 rings (SSSR count). The number of carbonyl (C=O) groups is 1. The normalized spacial score (nSPS) is 15.4. The standard InChI is InChI=1S/C32H26N4O/c1-2-25-22-35(21-23-12-5-3-6-13-23)32(37)29-20-33-30(28-19-11-15-24-14-9-10-18-27(24)28)34-31(29)36(25)26-16-7-4-8-17-26/h2-20,25H,1,21-22H2/t25-/m0/s1. The van der Waals surface area contributed by atoms with Crippen LogP contribution in [0.1, 0.15) is 15.9 Å². The summed E-state index contributed by atoms with van der Waals surface area (Å²) in [5.41, 5.74) is 3.43. The zero-order valence-corrected chi connectivity index (χ0v) is 20.4. The Morgan fingerprint density at radius 3 is 2.32 bits per heavy atom. The van der Waals surface area contributed by atoms with E-state index in [0.717, 1.165) is 27.6 Å². The summed E-state index contributed by atoms with van der Waals surface area (Å²) in [5, 5.41) is 2.19. The van der Waals surface area contributed by atoms with Crippen LogP contribution in [0.15, 0.2) is 122 Å². The molecular formula is C32H26N4O. The molecule has 0 aliphatic carbocycles. The number of benzene rings is 4. The van der Waals surface area contributed by atoms with Gasteiger partial charge in [-0.15, -0.1) is 6.58 Å². The predicted molar refractivity (Wildman–Crippen MR) is 149 cm³/mol. The maximum absolute atomic E-state index is 13.9. The lowest BCUT2D eigenvalue weighted by Crippen LogP contribution is -2.39. The molecule has 0 N–H and O–H groups in total. The van der Waals surface area contributed by atoms with Crippen molar-refractivity contribution < 1.29 is 4.79 Å². The molecule has 5 heteroatoms. The van der Waals surface area contributed by atoms with E-state index in [4.69, 9.17) is 9.97 Å². The van der Waals surface area contributed by atoms with E-state index in [1.165, 1.54) is 0 Å². The Balaban J connectivity index is 1.53. The average molecular weight is 483 g/mol. The molecule has 0 fully saturated rings. The minimum absolute atomic E-state index is 0.0893. The van der Waals surface area contributed by atoms with Gasteiger partial charge in [0, 0.05) is 30.5 Å². The number of para-hydroxylation sites is 1. The van der Waals surface area contributed by atoms with Gasteiger partial charge < -0.3 is 9.80 Å². The molecule has 1 aliphatic heterocycles.